The summed E-state index contributed by atoms with van der Waals surface area (Å²) in [5.41, 5.74) is 13.5. The lowest BCUT2D eigenvalue weighted by Gasteiger charge is -2.63. The van der Waals surface area contributed by atoms with Crippen LogP contribution in [-0.2, 0) is 4.84 Å². The van der Waals surface area contributed by atoms with E-state index in [1.165, 1.54) is 12.8 Å². The number of fused-ring (bicyclic) bond motifs is 5. The minimum atomic E-state index is -0.519. The summed E-state index contributed by atoms with van der Waals surface area (Å²) in [6.45, 7) is 6.60. The molecule has 4 aliphatic rings. The molecule has 7 N–H and O–H groups in total. The molecule has 184 valence electrons. The van der Waals surface area contributed by atoms with E-state index in [0.29, 0.717) is 42.2 Å². The van der Waals surface area contributed by atoms with E-state index in [2.05, 4.69) is 24.3 Å². The fourth-order valence-corrected chi connectivity index (χ4v) is 8.56. The maximum Gasteiger partial charge on any atom is 0.185 e. The van der Waals surface area contributed by atoms with E-state index < -0.39 is 5.60 Å². The van der Waals surface area contributed by atoms with Crippen LogP contribution in [-0.4, -0.2) is 47.6 Å². The van der Waals surface area contributed by atoms with Gasteiger partial charge in [-0.3, -0.25) is 9.83 Å². The molecule has 0 aromatic carbocycles. The third kappa shape index (κ3) is 4.19. The molecule has 0 amide bonds. The average Bonchev–Trinajstić information content (AvgIpc) is 3.01. The van der Waals surface area contributed by atoms with Crippen molar-refractivity contribution in [2.24, 2.45) is 51.0 Å². The van der Waals surface area contributed by atoms with E-state index in [9.17, 15) is 10.2 Å². The van der Waals surface area contributed by atoms with Crippen molar-refractivity contribution in [3.05, 3.63) is 0 Å². The molecule has 8 atom stereocenters. The molecule has 0 aromatic rings. The smallest absolute Gasteiger partial charge is 0.185 e. The Balaban J connectivity index is 1.32. The second-order valence-electron chi connectivity index (χ2n) is 11.7. The van der Waals surface area contributed by atoms with Crippen LogP contribution in [0.3, 0.4) is 0 Å². The number of aliphatic imine (C=N–C) groups is 1. The quantitative estimate of drug-likeness (QED) is 0.167. The molecule has 0 aromatic heterocycles. The zero-order valence-corrected chi connectivity index (χ0v) is 20.2. The van der Waals surface area contributed by atoms with Crippen molar-refractivity contribution in [2.75, 3.05) is 19.7 Å². The Morgan fingerprint density at radius 3 is 2.66 bits per heavy atom. The van der Waals surface area contributed by atoms with E-state index in [1.54, 1.807) is 0 Å². The average molecular weight is 451 g/mol. The van der Waals surface area contributed by atoms with Crippen LogP contribution >= 0.6 is 0 Å². The number of aliphatic hydroxyl groups is 2. The predicted molar refractivity (Wildman–Crippen MR) is 127 cm³/mol. The Morgan fingerprint density at radius 1 is 1.06 bits per heavy atom. The fourth-order valence-electron chi connectivity index (χ4n) is 8.56. The molecular formula is C25H46N4O3. The van der Waals surface area contributed by atoms with Crippen LogP contribution < -0.4 is 16.9 Å². The summed E-state index contributed by atoms with van der Waals surface area (Å²) in [5, 5.41) is 22.5. The first kappa shape index (κ1) is 24.2. The molecule has 7 nitrogen and oxygen atoms in total. The zero-order valence-electron chi connectivity index (χ0n) is 20.2. The topological polar surface area (TPSA) is 126 Å². The molecule has 0 radical (unpaired) electrons. The summed E-state index contributed by atoms with van der Waals surface area (Å²) in [5.74, 6) is 2.35. The lowest BCUT2D eigenvalue weighted by Crippen LogP contribution is -2.62. The monoisotopic (exact) mass is 450 g/mol. The van der Waals surface area contributed by atoms with E-state index in [0.717, 1.165) is 64.3 Å². The molecule has 0 bridgehead atoms. The molecule has 7 heteroatoms. The number of hydrogen-bond donors (Lipinski definition) is 5. The third-order valence-electron chi connectivity index (χ3n) is 10.4. The van der Waals surface area contributed by atoms with Gasteiger partial charge in [0, 0.05) is 6.54 Å². The highest BCUT2D eigenvalue weighted by atomic mass is 16.6. The van der Waals surface area contributed by atoms with E-state index >= 15 is 0 Å². The maximum atomic E-state index is 12.2. The number of nitrogens with two attached hydrogens (primary N) is 2. The Morgan fingerprint density at radius 2 is 1.88 bits per heavy atom. The van der Waals surface area contributed by atoms with Gasteiger partial charge in [0.1, 0.15) is 0 Å². The minimum absolute atomic E-state index is 0.0275. The van der Waals surface area contributed by atoms with Crippen LogP contribution in [0.25, 0.3) is 0 Å². The van der Waals surface area contributed by atoms with E-state index in [-0.39, 0.29) is 17.5 Å². The van der Waals surface area contributed by atoms with Crippen molar-refractivity contribution in [2.45, 2.75) is 96.2 Å². The number of hydrogen-bond acceptors (Lipinski definition) is 5. The van der Waals surface area contributed by atoms with Crippen LogP contribution in [0.5, 0.6) is 0 Å². The Labute approximate surface area is 193 Å². The van der Waals surface area contributed by atoms with Crippen molar-refractivity contribution < 1.29 is 15.1 Å². The highest BCUT2D eigenvalue weighted by Gasteiger charge is 2.66. The number of rotatable bonds is 8. The number of nitrogens with one attached hydrogen (secondary N) is 1. The fraction of sp³-hybridized carbons (Fsp3) is 0.960. The molecular weight excluding hydrogens is 404 g/mol. The summed E-state index contributed by atoms with van der Waals surface area (Å²) in [7, 11) is 0. The first-order valence-electron chi connectivity index (χ1n) is 13.0. The minimum Gasteiger partial charge on any atom is -0.393 e. The van der Waals surface area contributed by atoms with Crippen molar-refractivity contribution in [1.29, 1.82) is 0 Å². The number of hydroxylamine groups is 1. The van der Waals surface area contributed by atoms with Crippen LogP contribution in [0.15, 0.2) is 4.99 Å². The molecule has 4 saturated carbocycles. The Bertz CT molecular complexity index is 686. The number of aliphatic hydroxyl groups excluding tert-OH is 1. The van der Waals surface area contributed by atoms with Gasteiger partial charge in [-0.1, -0.05) is 13.8 Å². The third-order valence-corrected chi connectivity index (χ3v) is 10.4. The first-order valence-corrected chi connectivity index (χ1v) is 13.0. The van der Waals surface area contributed by atoms with Gasteiger partial charge < -0.3 is 21.7 Å². The van der Waals surface area contributed by atoms with Gasteiger partial charge in [0.15, 0.2) is 5.96 Å². The highest BCUT2D eigenvalue weighted by Crippen LogP contribution is 2.69. The summed E-state index contributed by atoms with van der Waals surface area (Å²) in [6.07, 6.45) is 11.9. The van der Waals surface area contributed by atoms with Crippen molar-refractivity contribution in [3.8, 4) is 0 Å². The van der Waals surface area contributed by atoms with Gasteiger partial charge >= 0.3 is 0 Å². The summed E-state index contributed by atoms with van der Waals surface area (Å²) in [6, 6.07) is 0. The lowest BCUT2D eigenvalue weighted by atomic mass is 9.43. The molecule has 0 unspecified atom stereocenters. The number of guanidine groups is 1. The second kappa shape index (κ2) is 9.40. The summed E-state index contributed by atoms with van der Waals surface area (Å²) >= 11 is 0. The molecule has 0 saturated heterocycles. The van der Waals surface area contributed by atoms with Gasteiger partial charge in [0.2, 0.25) is 0 Å². The van der Waals surface area contributed by atoms with E-state index in [1.807, 2.05) is 0 Å². The normalized spacial score (nSPS) is 45.6. The van der Waals surface area contributed by atoms with Gasteiger partial charge in [0.05, 0.1) is 24.9 Å². The summed E-state index contributed by atoms with van der Waals surface area (Å²) in [4.78, 5) is 9.31. The van der Waals surface area contributed by atoms with Crippen LogP contribution in [0.2, 0.25) is 0 Å². The van der Waals surface area contributed by atoms with Gasteiger partial charge in [-0.25, -0.2) is 5.48 Å². The molecule has 0 aliphatic heterocycles. The van der Waals surface area contributed by atoms with Crippen LogP contribution in [0, 0.1) is 34.5 Å². The zero-order chi connectivity index (χ0) is 23.0. The van der Waals surface area contributed by atoms with E-state index in [4.69, 9.17) is 16.3 Å². The maximum absolute atomic E-state index is 12.2. The highest BCUT2D eigenvalue weighted by molar-refractivity contribution is 5.75. The van der Waals surface area contributed by atoms with Gasteiger partial charge in [-0.2, -0.15) is 0 Å². The summed E-state index contributed by atoms with van der Waals surface area (Å²) < 4.78 is 0. The molecule has 4 aliphatic carbocycles. The van der Waals surface area contributed by atoms with Crippen LogP contribution in [0.1, 0.15) is 84.5 Å². The van der Waals surface area contributed by atoms with Crippen LogP contribution in [0.4, 0.5) is 0 Å². The lowest BCUT2D eigenvalue weighted by molar-refractivity contribution is -0.210. The second-order valence-corrected chi connectivity index (χ2v) is 11.7. The Kier molecular flexibility index (Phi) is 7.12. The Hall–Kier alpha value is -0.890. The molecule has 32 heavy (non-hydrogen) atoms. The van der Waals surface area contributed by atoms with Gasteiger partial charge in [-0.05, 0) is 105 Å². The number of nitrogens with zero attached hydrogens (tertiary/aromatic N) is 1. The van der Waals surface area contributed by atoms with Gasteiger partial charge in [0.25, 0.3) is 0 Å². The van der Waals surface area contributed by atoms with Crippen molar-refractivity contribution in [1.82, 2.24) is 5.48 Å². The van der Waals surface area contributed by atoms with Gasteiger partial charge in [-0.15, -0.1) is 0 Å². The molecule has 0 heterocycles. The van der Waals surface area contributed by atoms with Crippen molar-refractivity contribution >= 4 is 5.96 Å². The molecule has 0 spiro atoms. The molecule has 4 fully saturated rings. The van der Waals surface area contributed by atoms with Crippen molar-refractivity contribution in [3.63, 3.8) is 0 Å². The predicted octanol–water partition coefficient (Wildman–Crippen LogP) is 2.70. The molecule has 4 rings (SSSR count). The first-order chi connectivity index (χ1) is 15.2. The standard InChI is InChI=1S/C25H46N4O3/c1-23-10-8-19(30)16-18(23)5-6-21-20(23)9-11-24(2)17(7-12-25(21,24)31)4-3-13-29-32-15-14-28-22(26)27/h17-21,29-31H,3-16H2,1-2H3,(H4,26,27,28)/t17-,18+,19-,20-,21+,23-,24+,25-/m0/s1. The largest absolute Gasteiger partial charge is 0.393 e. The SMILES string of the molecule is C[C@]12CC[C@H](O)C[C@H]1CC[C@@H]1[C@@H]2CC[C@]2(C)[C@@H](CCCNOCCN=C(N)N)CC[C@]12O.